The van der Waals surface area contributed by atoms with Crippen molar-refractivity contribution in [2.24, 2.45) is 0 Å². The van der Waals surface area contributed by atoms with Crippen LogP contribution in [0.15, 0.2) is 47.6 Å². The second kappa shape index (κ2) is 7.32. The first-order valence-electron chi connectivity index (χ1n) is 10.1. The monoisotopic (exact) mass is 426 g/mol. The van der Waals surface area contributed by atoms with E-state index in [-0.39, 0.29) is 17.4 Å². The number of sulfonamides is 1. The summed E-state index contributed by atoms with van der Waals surface area (Å²) in [6.07, 6.45) is 7.90. The van der Waals surface area contributed by atoms with Gasteiger partial charge in [0.2, 0.25) is 0 Å². The summed E-state index contributed by atoms with van der Waals surface area (Å²) in [5.74, 6) is 0.132. The van der Waals surface area contributed by atoms with Crippen LogP contribution in [0.1, 0.15) is 38.1 Å². The number of benzene rings is 2. The number of nitrogens with zero attached hydrogens (tertiary/aromatic N) is 2. The number of hydrogen-bond donors (Lipinski definition) is 2. The lowest BCUT2D eigenvalue weighted by molar-refractivity contribution is -0.118. The molecule has 1 aromatic heterocycles. The number of hydrogen-bond acceptors (Lipinski definition) is 5. The van der Waals surface area contributed by atoms with Gasteiger partial charge in [-0.05, 0) is 49.2 Å². The maximum Gasteiger partial charge on any atom is 0.262 e. The van der Waals surface area contributed by atoms with Gasteiger partial charge in [-0.25, -0.2) is 13.4 Å². The first kappa shape index (κ1) is 18.9. The van der Waals surface area contributed by atoms with Gasteiger partial charge in [0.05, 0.1) is 33.6 Å². The molecule has 0 saturated heterocycles. The van der Waals surface area contributed by atoms with E-state index in [1.165, 1.54) is 31.4 Å². The number of ether oxygens (including phenoxy) is 1. The fourth-order valence-electron chi connectivity index (χ4n) is 4.19. The molecule has 0 unspecified atom stereocenters. The maximum atomic E-state index is 12.9. The van der Waals surface area contributed by atoms with Crippen molar-refractivity contribution in [1.82, 2.24) is 9.55 Å². The quantitative estimate of drug-likeness (QED) is 0.663. The molecule has 0 radical (unpaired) electrons. The van der Waals surface area contributed by atoms with Crippen LogP contribution in [-0.2, 0) is 14.8 Å². The lowest BCUT2D eigenvalue weighted by atomic mass is 9.95. The Morgan fingerprint density at radius 1 is 1.10 bits per heavy atom. The second-order valence-electron chi connectivity index (χ2n) is 7.75. The number of carbonyl (C=O) groups is 1. The molecule has 2 heterocycles. The minimum Gasteiger partial charge on any atom is -0.482 e. The number of nitrogens with one attached hydrogen (secondary N) is 2. The highest BCUT2D eigenvalue weighted by molar-refractivity contribution is 7.92. The Kier molecular flexibility index (Phi) is 4.62. The summed E-state index contributed by atoms with van der Waals surface area (Å²) in [4.78, 5) is 16.0. The molecule has 3 aromatic rings. The minimum atomic E-state index is -3.84. The molecule has 5 rings (SSSR count). The normalized spacial score (nSPS) is 17.3. The molecule has 8 nitrogen and oxygen atoms in total. The average Bonchev–Trinajstić information content (AvgIpc) is 3.17. The van der Waals surface area contributed by atoms with E-state index >= 15 is 0 Å². The van der Waals surface area contributed by atoms with Crippen LogP contribution in [0.4, 0.5) is 11.4 Å². The van der Waals surface area contributed by atoms with Crippen molar-refractivity contribution in [1.29, 1.82) is 0 Å². The van der Waals surface area contributed by atoms with Crippen molar-refractivity contribution in [2.45, 2.75) is 43.0 Å². The standard InChI is InChI=1S/C21H22N4O4S/c26-21-12-29-20-9-7-16(11-18(20)23-21)30(27,28)24-14-6-8-19-17(10-14)22-13-25(19)15-4-2-1-3-5-15/h6-11,13,15,24H,1-5,12H2,(H,23,26). The Hall–Kier alpha value is -3.07. The van der Waals surface area contributed by atoms with Crippen molar-refractivity contribution >= 4 is 38.3 Å². The van der Waals surface area contributed by atoms with E-state index in [0.29, 0.717) is 23.2 Å². The van der Waals surface area contributed by atoms with E-state index < -0.39 is 10.0 Å². The third-order valence-electron chi connectivity index (χ3n) is 5.69. The summed E-state index contributed by atoms with van der Waals surface area (Å²) in [5, 5.41) is 2.63. The van der Waals surface area contributed by atoms with E-state index in [9.17, 15) is 13.2 Å². The molecule has 1 amide bonds. The van der Waals surface area contributed by atoms with E-state index in [1.54, 1.807) is 18.2 Å². The van der Waals surface area contributed by atoms with Gasteiger partial charge >= 0.3 is 0 Å². The van der Waals surface area contributed by atoms with E-state index in [1.807, 2.05) is 12.4 Å². The van der Waals surface area contributed by atoms with E-state index in [0.717, 1.165) is 23.9 Å². The Bertz CT molecular complexity index is 1230. The van der Waals surface area contributed by atoms with Crippen molar-refractivity contribution in [2.75, 3.05) is 16.6 Å². The summed E-state index contributed by atoms with van der Waals surface area (Å²) in [5.41, 5.74) is 2.55. The topological polar surface area (TPSA) is 102 Å². The largest absolute Gasteiger partial charge is 0.482 e. The maximum absolute atomic E-state index is 12.9. The molecule has 2 aromatic carbocycles. The molecule has 2 N–H and O–H groups in total. The molecule has 9 heteroatoms. The van der Waals surface area contributed by atoms with Crippen LogP contribution >= 0.6 is 0 Å². The Morgan fingerprint density at radius 3 is 2.77 bits per heavy atom. The fourth-order valence-corrected chi connectivity index (χ4v) is 5.26. The number of anilines is 2. The van der Waals surface area contributed by atoms with Gasteiger partial charge in [0.1, 0.15) is 5.75 Å². The van der Waals surface area contributed by atoms with Gasteiger partial charge in [0.25, 0.3) is 15.9 Å². The van der Waals surface area contributed by atoms with Crippen molar-refractivity contribution in [3.05, 3.63) is 42.7 Å². The number of carbonyl (C=O) groups excluding carboxylic acids is 1. The highest BCUT2D eigenvalue weighted by Crippen LogP contribution is 2.33. The smallest absolute Gasteiger partial charge is 0.262 e. The van der Waals surface area contributed by atoms with Gasteiger partial charge < -0.3 is 14.6 Å². The molecular weight excluding hydrogens is 404 g/mol. The van der Waals surface area contributed by atoms with Gasteiger partial charge in [-0.15, -0.1) is 0 Å². The van der Waals surface area contributed by atoms with Crippen molar-refractivity contribution < 1.29 is 17.9 Å². The van der Waals surface area contributed by atoms with Crippen LogP contribution < -0.4 is 14.8 Å². The van der Waals surface area contributed by atoms with Gasteiger partial charge in [-0.3, -0.25) is 9.52 Å². The molecule has 0 atom stereocenters. The predicted octanol–water partition coefficient (Wildman–Crippen LogP) is 3.67. The molecule has 2 aliphatic rings. The van der Waals surface area contributed by atoms with Crippen LogP contribution in [-0.4, -0.2) is 30.5 Å². The molecule has 1 fully saturated rings. The first-order chi connectivity index (χ1) is 14.5. The number of imidazole rings is 1. The lowest BCUT2D eigenvalue weighted by Gasteiger charge is -2.23. The average molecular weight is 426 g/mol. The molecule has 1 aliphatic heterocycles. The fraction of sp³-hybridized carbons (Fsp3) is 0.333. The third-order valence-corrected chi connectivity index (χ3v) is 7.07. The number of aromatic nitrogens is 2. The number of amides is 1. The zero-order chi connectivity index (χ0) is 20.7. The van der Waals surface area contributed by atoms with Crippen LogP contribution in [0, 0.1) is 0 Å². The molecule has 1 aliphatic carbocycles. The SMILES string of the molecule is O=C1COc2ccc(S(=O)(=O)Nc3ccc4c(c3)ncn4C3CCCCC3)cc2N1. The second-order valence-corrected chi connectivity index (χ2v) is 9.43. The highest BCUT2D eigenvalue weighted by atomic mass is 32.2. The van der Waals surface area contributed by atoms with Crippen LogP contribution in [0.5, 0.6) is 5.75 Å². The third kappa shape index (κ3) is 3.49. The Balaban J connectivity index is 1.41. The van der Waals surface area contributed by atoms with Crippen LogP contribution in [0.3, 0.4) is 0 Å². The van der Waals surface area contributed by atoms with Gasteiger partial charge in [-0.1, -0.05) is 19.3 Å². The number of fused-ring (bicyclic) bond motifs is 2. The molecule has 0 spiro atoms. The summed E-state index contributed by atoms with van der Waals surface area (Å²) in [7, 11) is -3.84. The van der Waals surface area contributed by atoms with Gasteiger partial charge in [0, 0.05) is 6.04 Å². The molecule has 0 bridgehead atoms. The highest BCUT2D eigenvalue weighted by Gasteiger charge is 2.22. The first-order valence-corrected chi connectivity index (χ1v) is 11.5. The number of rotatable bonds is 4. The summed E-state index contributed by atoms with van der Waals surface area (Å²) in [6.45, 7) is -0.0785. The van der Waals surface area contributed by atoms with Crippen LogP contribution in [0.2, 0.25) is 0 Å². The lowest BCUT2D eigenvalue weighted by Crippen LogP contribution is -2.25. The van der Waals surface area contributed by atoms with E-state index in [2.05, 4.69) is 19.6 Å². The van der Waals surface area contributed by atoms with Crippen molar-refractivity contribution in [3.8, 4) is 5.75 Å². The summed E-state index contributed by atoms with van der Waals surface area (Å²) >= 11 is 0. The molecule has 156 valence electrons. The minimum absolute atomic E-state index is 0.0416. The Morgan fingerprint density at radius 2 is 1.93 bits per heavy atom. The van der Waals surface area contributed by atoms with Crippen LogP contribution in [0.25, 0.3) is 11.0 Å². The van der Waals surface area contributed by atoms with Gasteiger partial charge in [-0.2, -0.15) is 0 Å². The Labute approximate surface area is 174 Å². The summed E-state index contributed by atoms with van der Waals surface area (Å²) < 4.78 is 35.8. The van der Waals surface area contributed by atoms with E-state index in [4.69, 9.17) is 4.74 Å². The molecular formula is C21H22N4O4S. The zero-order valence-corrected chi connectivity index (χ0v) is 17.1. The predicted molar refractivity (Wildman–Crippen MR) is 113 cm³/mol. The van der Waals surface area contributed by atoms with Crippen molar-refractivity contribution in [3.63, 3.8) is 0 Å². The van der Waals surface area contributed by atoms with Gasteiger partial charge in [0.15, 0.2) is 6.61 Å². The zero-order valence-electron chi connectivity index (χ0n) is 16.3. The molecule has 1 saturated carbocycles. The summed E-state index contributed by atoms with van der Waals surface area (Å²) in [6, 6.07) is 10.3. The molecule has 30 heavy (non-hydrogen) atoms.